The average Bonchev–Trinajstić information content (AvgIpc) is 2.47. The van der Waals surface area contributed by atoms with Crippen molar-refractivity contribution in [2.24, 2.45) is 0 Å². The predicted molar refractivity (Wildman–Crippen MR) is 93.8 cm³/mol. The number of halogens is 1. The smallest absolute Gasteiger partial charge is 0.229 e. The van der Waals surface area contributed by atoms with E-state index >= 15 is 0 Å². The Hall–Kier alpha value is -2.01. The molecule has 1 aliphatic rings. The van der Waals surface area contributed by atoms with Crippen molar-refractivity contribution < 1.29 is 4.74 Å². The molecule has 6 heteroatoms. The molecule has 0 aliphatic heterocycles. The van der Waals surface area contributed by atoms with Crippen molar-refractivity contribution in [2.45, 2.75) is 45.3 Å². The predicted octanol–water partition coefficient (Wildman–Crippen LogP) is 4.63. The molecule has 0 saturated heterocycles. The van der Waals surface area contributed by atoms with Crippen LogP contribution in [0.5, 0.6) is 5.75 Å². The summed E-state index contributed by atoms with van der Waals surface area (Å²) in [4.78, 5) is 8.69. The molecule has 0 bridgehead atoms. The lowest BCUT2D eigenvalue weighted by atomic mass is 9.93. The van der Waals surface area contributed by atoms with Crippen molar-refractivity contribution in [3.8, 4) is 5.75 Å². The second-order valence-electron chi connectivity index (χ2n) is 5.98. The fourth-order valence-corrected chi connectivity index (χ4v) is 2.44. The molecule has 0 amide bonds. The minimum absolute atomic E-state index is 0.161. The molecule has 0 unspecified atom stereocenters. The lowest BCUT2D eigenvalue weighted by Crippen LogP contribution is -2.27. The Morgan fingerprint density at radius 1 is 1.22 bits per heavy atom. The SMILES string of the molecule is CC(C)Oc1ccc(Nc2ncc(Cl)c(NC3CCC3)n2)cc1. The quantitative estimate of drug-likeness (QED) is 0.808. The zero-order valence-corrected chi connectivity index (χ0v) is 14.1. The third-order valence-corrected chi connectivity index (χ3v) is 3.95. The van der Waals surface area contributed by atoms with Gasteiger partial charge in [0.1, 0.15) is 10.8 Å². The highest BCUT2D eigenvalue weighted by molar-refractivity contribution is 6.32. The third kappa shape index (κ3) is 4.26. The molecule has 0 radical (unpaired) electrons. The molecule has 1 aromatic heterocycles. The Morgan fingerprint density at radius 2 is 1.96 bits per heavy atom. The highest BCUT2D eigenvalue weighted by atomic mass is 35.5. The number of hydrogen-bond donors (Lipinski definition) is 2. The van der Waals surface area contributed by atoms with Crippen LogP contribution in [0.15, 0.2) is 30.5 Å². The zero-order chi connectivity index (χ0) is 16.2. The molecule has 1 fully saturated rings. The highest BCUT2D eigenvalue weighted by Gasteiger charge is 2.19. The van der Waals surface area contributed by atoms with Crippen LogP contribution in [0.25, 0.3) is 0 Å². The Bertz CT molecular complexity index is 656. The minimum atomic E-state index is 0.161. The first-order valence-electron chi connectivity index (χ1n) is 7.93. The summed E-state index contributed by atoms with van der Waals surface area (Å²) in [7, 11) is 0. The topological polar surface area (TPSA) is 59.1 Å². The van der Waals surface area contributed by atoms with Crippen molar-refractivity contribution in [3.63, 3.8) is 0 Å². The molecule has 0 atom stereocenters. The monoisotopic (exact) mass is 332 g/mol. The van der Waals surface area contributed by atoms with Crippen LogP contribution in [-0.4, -0.2) is 22.1 Å². The Labute approximate surface area is 141 Å². The summed E-state index contributed by atoms with van der Waals surface area (Å²) in [6, 6.07) is 8.20. The first-order chi connectivity index (χ1) is 11.1. The number of rotatable bonds is 6. The molecule has 0 spiro atoms. The van der Waals surface area contributed by atoms with Crippen LogP contribution < -0.4 is 15.4 Å². The number of hydrogen-bond acceptors (Lipinski definition) is 5. The summed E-state index contributed by atoms with van der Waals surface area (Å²) < 4.78 is 5.63. The molecule has 1 heterocycles. The van der Waals surface area contributed by atoms with E-state index in [-0.39, 0.29) is 6.10 Å². The van der Waals surface area contributed by atoms with Gasteiger partial charge in [0.2, 0.25) is 5.95 Å². The van der Waals surface area contributed by atoms with Gasteiger partial charge in [-0.2, -0.15) is 4.98 Å². The average molecular weight is 333 g/mol. The van der Waals surface area contributed by atoms with Crippen LogP contribution >= 0.6 is 11.6 Å². The maximum Gasteiger partial charge on any atom is 0.229 e. The van der Waals surface area contributed by atoms with E-state index in [0.717, 1.165) is 11.4 Å². The Morgan fingerprint density at radius 3 is 2.57 bits per heavy atom. The van der Waals surface area contributed by atoms with Crippen LogP contribution in [-0.2, 0) is 0 Å². The summed E-state index contributed by atoms with van der Waals surface area (Å²) in [5.74, 6) is 2.05. The molecule has 1 aromatic carbocycles. The lowest BCUT2D eigenvalue weighted by molar-refractivity contribution is 0.242. The van der Waals surface area contributed by atoms with E-state index in [1.165, 1.54) is 19.3 Å². The first-order valence-corrected chi connectivity index (χ1v) is 8.31. The molecular weight excluding hydrogens is 312 g/mol. The van der Waals surface area contributed by atoms with Gasteiger partial charge in [-0.1, -0.05) is 11.6 Å². The maximum absolute atomic E-state index is 6.16. The second-order valence-corrected chi connectivity index (χ2v) is 6.39. The standard InChI is InChI=1S/C17H21ClN4O/c1-11(2)23-14-8-6-13(7-9-14)21-17-19-10-15(18)16(22-17)20-12-4-3-5-12/h6-12H,3-5H2,1-2H3,(H2,19,20,21,22). The van der Waals surface area contributed by atoms with Crippen molar-refractivity contribution >= 4 is 29.1 Å². The molecule has 23 heavy (non-hydrogen) atoms. The van der Waals surface area contributed by atoms with Gasteiger partial charge in [-0.15, -0.1) is 0 Å². The van der Waals surface area contributed by atoms with E-state index in [1.807, 2.05) is 38.1 Å². The van der Waals surface area contributed by atoms with E-state index < -0.39 is 0 Å². The fourth-order valence-electron chi connectivity index (χ4n) is 2.29. The highest BCUT2D eigenvalue weighted by Crippen LogP contribution is 2.27. The minimum Gasteiger partial charge on any atom is -0.491 e. The van der Waals surface area contributed by atoms with Crippen LogP contribution in [0, 0.1) is 0 Å². The summed E-state index contributed by atoms with van der Waals surface area (Å²) in [6.07, 6.45) is 5.37. The third-order valence-electron chi connectivity index (χ3n) is 3.67. The van der Waals surface area contributed by atoms with E-state index in [9.17, 15) is 0 Å². The van der Waals surface area contributed by atoms with Gasteiger partial charge in [0, 0.05) is 11.7 Å². The maximum atomic E-state index is 6.16. The molecule has 3 rings (SSSR count). The molecule has 1 aliphatic carbocycles. The molecule has 2 N–H and O–H groups in total. The van der Waals surface area contributed by atoms with Crippen molar-refractivity contribution in [1.82, 2.24) is 9.97 Å². The van der Waals surface area contributed by atoms with Gasteiger partial charge < -0.3 is 15.4 Å². The van der Waals surface area contributed by atoms with E-state index in [1.54, 1.807) is 6.20 Å². The van der Waals surface area contributed by atoms with Gasteiger partial charge in [-0.3, -0.25) is 0 Å². The van der Waals surface area contributed by atoms with Crippen molar-refractivity contribution in [1.29, 1.82) is 0 Å². The van der Waals surface area contributed by atoms with E-state index in [4.69, 9.17) is 16.3 Å². The number of aromatic nitrogens is 2. The largest absolute Gasteiger partial charge is 0.491 e. The number of nitrogens with one attached hydrogen (secondary N) is 2. The van der Waals surface area contributed by atoms with Crippen LogP contribution in [0.2, 0.25) is 5.02 Å². The van der Waals surface area contributed by atoms with Gasteiger partial charge in [0.05, 0.1) is 12.3 Å². The molecule has 1 saturated carbocycles. The van der Waals surface area contributed by atoms with Crippen LogP contribution in [0.4, 0.5) is 17.5 Å². The fraction of sp³-hybridized carbons (Fsp3) is 0.412. The van der Waals surface area contributed by atoms with E-state index in [2.05, 4.69) is 20.6 Å². The molecule has 5 nitrogen and oxygen atoms in total. The molecular formula is C17H21ClN4O. The zero-order valence-electron chi connectivity index (χ0n) is 13.3. The van der Waals surface area contributed by atoms with Gasteiger partial charge in [0.25, 0.3) is 0 Å². The number of ether oxygens (including phenoxy) is 1. The first kappa shape index (κ1) is 15.9. The van der Waals surface area contributed by atoms with Gasteiger partial charge in [-0.25, -0.2) is 4.98 Å². The number of benzene rings is 1. The normalized spacial score (nSPS) is 14.4. The van der Waals surface area contributed by atoms with Crippen molar-refractivity contribution in [3.05, 3.63) is 35.5 Å². The number of nitrogens with zero attached hydrogens (tertiary/aromatic N) is 2. The van der Waals surface area contributed by atoms with Gasteiger partial charge in [0.15, 0.2) is 5.82 Å². The Kier molecular flexibility index (Phi) is 4.86. The summed E-state index contributed by atoms with van der Waals surface area (Å²) in [5, 5.41) is 7.09. The summed E-state index contributed by atoms with van der Waals surface area (Å²) in [6.45, 7) is 4.01. The van der Waals surface area contributed by atoms with Gasteiger partial charge >= 0.3 is 0 Å². The molecule has 122 valence electrons. The lowest BCUT2D eigenvalue weighted by Gasteiger charge is -2.27. The Balaban J connectivity index is 1.68. The van der Waals surface area contributed by atoms with Gasteiger partial charge in [-0.05, 0) is 57.4 Å². The number of anilines is 3. The van der Waals surface area contributed by atoms with Crippen molar-refractivity contribution in [2.75, 3.05) is 10.6 Å². The molecule has 2 aromatic rings. The second kappa shape index (κ2) is 7.04. The van der Waals surface area contributed by atoms with Crippen LogP contribution in [0.1, 0.15) is 33.1 Å². The van der Waals surface area contributed by atoms with Crippen LogP contribution in [0.3, 0.4) is 0 Å². The summed E-state index contributed by atoms with van der Waals surface area (Å²) in [5.41, 5.74) is 0.901. The summed E-state index contributed by atoms with van der Waals surface area (Å²) >= 11 is 6.16. The van der Waals surface area contributed by atoms with E-state index in [0.29, 0.717) is 22.8 Å².